The van der Waals surface area contributed by atoms with Crippen LogP contribution in [-0.4, -0.2) is 25.0 Å². The number of esters is 1. The molecule has 0 spiro atoms. The van der Waals surface area contributed by atoms with Crippen molar-refractivity contribution in [2.24, 2.45) is 0 Å². The van der Waals surface area contributed by atoms with E-state index < -0.39 is 12.0 Å². The zero-order valence-corrected chi connectivity index (χ0v) is 16.9. The molecule has 4 nitrogen and oxygen atoms in total. The summed E-state index contributed by atoms with van der Waals surface area (Å²) in [6.07, 6.45) is 0.257. The lowest BCUT2D eigenvalue weighted by Gasteiger charge is -2.18. The fourth-order valence-electron chi connectivity index (χ4n) is 2.83. The second-order valence-corrected chi connectivity index (χ2v) is 7.34. The molecule has 1 amide bonds. The molecule has 3 aromatic carbocycles. The molecule has 3 rings (SSSR count). The van der Waals surface area contributed by atoms with Gasteiger partial charge in [-0.25, -0.2) is 4.79 Å². The van der Waals surface area contributed by atoms with Gasteiger partial charge in [0.2, 0.25) is 0 Å². The smallest absolute Gasteiger partial charge is 0.328 e. The van der Waals surface area contributed by atoms with Gasteiger partial charge in [0.25, 0.3) is 5.91 Å². The number of carbonyl (C=O) groups excluding carboxylic acids is 2. The largest absolute Gasteiger partial charge is 0.467 e. The molecule has 6 heteroatoms. The zero-order valence-electron chi connectivity index (χ0n) is 14.5. The van der Waals surface area contributed by atoms with Crippen molar-refractivity contribution in [3.8, 4) is 0 Å². The summed E-state index contributed by atoms with van der Waals surface area (Å²) in [5, 5.41) is 5.32. The first-order chi connectivity index (χ1) is 13.0. The molecule has 138 valence electrons. The fraction of sp³-hybridized carbons (Fsp3) is 0.143. The highest BCUT2D eigenvalue weighted by molar-refractivity contribution is 9.10. The predicted molar refractivity (Wildman–Crippen MR) is 110 cm³/mol. The quantitative estimate of drug-likeness (QED) is 0.574. The van der Waals surface area contributed by atoms with Crippen LogP contribution >= 0.6 is 27.5 Å². The second-order valence-electron chi connectivity index (χ2n) is 6.05. The maximum absolute atomic E-state index is 12.7. The van der Waals surface area contributed by atoms with Crippen molar-refractivity contribution >= 4 is 50.2 Å². The first-order valence-corrected chi connectivity index (χ1v) is 9.46. The molecule has 27 heavy (non-hydrogen) atoms. The van der Waals surface area contributed by atoms with Crippen molar-refractivity contribution in [3.63, 3.8) is 0 Å². The normalized spacial score (nSPS) is 11.8. The standard InChI is InChI=1S/C21H17BrClNO3/c1-27-21(26)19(12-16-11-17(23)8-9-18(16)22)24-20(25)15-7-6-13-4-2-3-5-14(13)10-15/h2-11,19H,12H2,1H3,(H,24,25)/t19-/m1/s1. The van der Waals surface area contributed by atoms with Crippen LogP contribution in [0.15, 0.2) is 65.1 Å². The van der Waals surface area contributed by atoms with Crippen LogP contribution in [0.4, 0.5) is 0 Å². The highest BCUT2D eigenvalue weighted by Crippen LogP contribution is 2.23. The number of carbonyl (C=O) groups is 2. The minimum Gasteiger partial charge on any atom is -0.467 e. The van der Waals surface area contributed by atoms with E-state index in [0.717, 1.165) is 20.8 Å². The van der Waals surface area contributed by atoms with Crippen LogP contribution in [0.3, 0.4) is 0 Å². The zero-order chi connectivity index (χ0) is 19.4. The maximum Gasteiger partial charge on any atom is 0.328 e. The molecule has 3 aromatic rings. The molecular formula is C21H17BrClNO3. The van der Waals surface area contributed by atoms with Crippen molar-refractivity contribution in [1.82, 2.24) is 5.32 Å². The summed E-state index contributed by atoms with van der Waals surface area (Å²) < 4.78 is 5.67. The third-order valence-corrected chi connectivity index (χ3v) is 5.24. The Bertz CT molecular complexity index is 1010. The fourth-order valence-corrected chi connectivity index (χ4v) is 3.43. The van der Waals surface area contributed by atoms with E-state index in [1.807, 2.05) is 30.3 Å². The molecule has 1 N–H and O–H groups in total. The molecule has 0 saturated heterocycles. The third kappa shape index (κ3) is 4.67. The topological polar surface area (TPSA) is 55.4 Å². The number of halogens is 2. The third-order valence-electron chi connectivity index (χ3n) is 4.23. The van der Waals surface area contributed by atoms with E-state index in [1.54, 1.807) is 30.3 Å². The summed E-state index contributed by atoms with van der Waals surface area (Å²) in [6.45, 7) is 0. The van der Waals surface area contributed by atoms with Crippen molar-refractivity contribution in [2.45, 2.75) is 12.5 Å². The number of fused-ring (bicyclic) bond motifs is 1. The van der Waals surface area contributed by atoms with Gasteiger partial charge in [-0.05, 0) is 46.7 Å². The Labute approximate surface area is 170 Å². The van der Waals surface area contributed by atoms with Crippen molar-refractivity contribution in [2.75, 3.05) is 7.11 Å². The molecule has 0 aromatic heterocycles. The molecule has 0 saturated carbocycles. The minimum atomic E-state index is -0.830. The van der Waals surface area contributed by atoms with Gasteiger partial charge in [0, 0.05) is 21.5 Å². The van der Waals surface area contributed by atoms with Gasteiger partial charge >= 0.3 is 5.97 Å². The van der Waals surface area contributed by atoms with Crippen molar-refractivity contribution < 1.29 is 14.3 Å². The number of hydrogen-bond acceptors (Lipinski definition) is 3. The molecule has 1 atom stereocenters. The van der Waals surface area contributed by atoms with Gasteiger partial charge in [-0.3, -0.25) is 4.79 Å². The molecule has 0 radical (unpaired) electrons. The molecular weight excluding hydrogens is 430 g/mol. The molecule has 0 unspecified atom stereocenters. The van der Waals surface area contributed by atoms with Gasteiger partial charge in [0.1, 0.15) is 6.04 Å². The SMILES string of the molecule is COC(=O)[C@@H](Cc1cc(Cl)ccc1Br)NC(=O)c1ccc2ccccc2c1. The molecule has 0 aliphatic carbocycles. The van der Waals surface area contributed by atoms with Crippen LogP contribution in [0.5, 0.6) is 0 Å². The number of amides is 1. The van der Waals surface area contributed by atoms with Gasteiger partial charge in [-0.15, -0.1) is 0 Å². The van der Waals surface area contributed by atoms with E-state index in [2.05, 4.69) is 21.2 Å². The first kappa shape index (κ1) is 19.4. The van der Waals surface area contributed by atoms with E-state index in [0.29, 0.717) is 10.6 Å². The van der Waals surface area contributed by atoms with Gasteiger partial charge in [-0.1, -0.05) is 57.9 Å². The first-order valence-electron chi connectivity index (χ1n) is 8.29. The van der Waals surface area contributed by atoms with Crippen LogP contribution in [0.2, 0.25) is 5.02 Å². The Morgan fingerprint density at radius 3 is 2.56 bits per heavy atom. The second kappa shape index (κ2) is 8.55. The Hall–Kier alpha value is -2.37. The Morgan fingerprint density at radius 1 is 1.07 bits per heavy atom. The summed E-state index contributed by atoms with van der Waals surface area (Å²) in [5.74, 6) is -0.856. The molecule has 0 fully saturated rings. The van der Waals surface area contributed by atoms with Crippen LogP contribution in [0.25, 0.3) is 10.8 Å². The lowest BCUT2D eigenvalue weighted by atomic mass is 10.0. The predicted octanol–water partition coefficient (Wildman–Crippen LogP) is 4.77. The molecule has 0 aliphatic rings. The van der Waals surface area contributed by atoms with E-state index in [1.165, 1.54) is 7.11 Å². The number of hydrogen-bond donors (Lipinski definition) is 1. The Morgan fingerprint density at radius 2 is 1.81 bits per heavy atom. The number of methoxy groups -OCH3 is 1. The van der Waals surface area contributed by atoms with E-state index >= 15 is 0 Å². The summed E-state index contributed by atoms with van der Waals surface area (Å²) in [5.41, 5.74) is 1.28. The van der Waals surface area contributed by atoms with Crippen LogP contribution in [0, 0.1) is 0 Å². The number of benzene rings is 3. The molecule has 0 heterocycles. The summed E-state index contributed by atoms with van der Waals surface area (Å²) >= 11 is 9.49. The van der Waals surface area contributed by atoms with Gasteiger partial charge < -0.3 is 10.1 Å². The van der Waals surface area contributed by atoms with Crippen molar-refractivity contribution in [3.05, 3.63) is 81.3 Å². The number of nitrogens with one attached hydrogen (secondary N) is 1. The monoisotopic (exact) mass is 445 g/mol. The van der Waals surface area contributed by atoms with E-state index in [9.17, 15) is 9.59 Å². The van der Waals surface area contributed by atoms with Crippen molar-refractivity contribution in [1.29, 1.82) is 0 Å². The lowest BCUT2D eigenvalue weighted by Crippen LogP contribution is -2.43. The van der Waals surface area contributed by atoms with Gasteiger partial charge in [0.15, 0.2) is 0 Å². The van der Waals surface area contributed by atoms with E-state index in [-0.39, 0.29) is 12.3 Å². The van der Waals surface area contributed by atoms with E-state index in [4.69, 9.17) is 16.3 Å². The Kier molecular flexibility index (Phi) is 6.14. The summed E-state index contributed by atoms with van der Waals surface area (Å²) in [6, 6.07) is 17.7. The van der Waals surface area contributed by atoms with Crippen LogP contribution in [-0.2, 0) is 16.0 Å². The summed E-state index contributed by atoms with van der Waals surface area (Å²) in [7, 11) is 1.30. The number of ether oxygens (including phenoxy) is 1. The van der Waals surface area contributed by atoms with Crippen LogP contribution in [0.1, 0.15) is 15.9 Å². The molecule has 0 bridgehead atoms. The average molecular weight is 447 g/mol. The lowest BCUT2D eigenvalue weighted by molar-refractivity contribution is -0.142. The van der Waals surface area contributed by atoms with Gasteiger partial charge in [0.05, 0.1) is 7.11 Å². The average Bonchev–Trinajstić information content (AvgIpc) is 2.69. The number of rotatable bonds is 5. The minimum absolute atomic E-state index is 0.257. The van der Waals surface area contributed by atoms with Crippen LogP contribution < -0.4 is 5.32 Å². The summed E-state index contributed by atoms with van der Waals surface area (Å²) in [4.78, 5) is 24.9. The maximum atomic E-state index is 12.7. The highest BCUT2D eigenvalue weighted by atomic mass is 79.9. The van der Waals surface area contributed by atoms with Gasteiger partial charge in [-0.2, -0.15) is 0 Å². The molecule has 0 aliphatic heterocycles. The Balaban J connectivity index is 1.83. The highest BCUT2D eigenvalue weighted by Gasteiger charge is 2.23.